The normalized spacial score (nSPS) is 16.6. The first-order valence-electron chi connectivity index (χ1n) is 18.2. The molecule has 4 aromatic rings. The maximum atomic E-state index is 13.9. The molecule has 1 amide bonds. The van der Waals surface area contributed by atoms with Crippen LogP contribution in [-0.4, -0.2) is 57.3 Å². The van der Waals surface area contributed by atoms with Crippen LogP contribution >= 0.6 is 11.3 Å². The van der Waals surface area contributed by atoms with Crippen LogP contribution in [0.2, 0.25) is 0 Å². The third-order valence-corrected chi connectivity index (χ3v) is 11.3. The monoisotopic (exact) mass is 709 g/mol. The molecule has 2 atom stereocenters. The number of hydrogen-bond donors (Lipinski definition) is 1. The van der Waals surface area contributed by atoms with Gasteiger partial charge in [-0.15, -0.1) is 11.3 Å². The van der Waals surface area contributed by atoms with E-state index in [0.29, 0.717) is 30.1 Å². The smallest absolute Gasteiger partial charge is 0.311 e. The highest BCUT2D eigenvalue weighted by atomic mass is 32.1. The Hall–Kier alpha value is -4.37. The van der Waals surface area contributed by atoms with E-state index in [4.69, 9.17) is 4.74 Å². The maximum absolute atomic E-state index is 13.9. The van der Waals surface area contributed by atoms with Crippen molar-refractivity contribution < 1.29 is 24.2 Å². The number of carboxylic acids is 1. The van der Waals surface area contributed by atoms with Crippen molar-refractivity contribution >= 4 is 29.0 Å². The average molecular weight is 710 g/mol. The van der Waals surface area contributed by atoms with Crippen molar-refractivity contribution in [1.82, 2.24) is 14.9 Å². The molecule has 270 valence electrons. The van der Waals surface area contributed by atoms with E-state index in [1.807, 2.05) is 73.1 Å². The van der Waals surface area contributed by atoms with E-state index < -0.39 is 17.3 Å². The fourth-order valence-corrected chi connectivity index (χ4v) is 7.40. The molecule has 2 aromatic carbocycles. The Balaban J connectivity index is 1.24. The van der Waals surface area contributed by atoms with Gasteiger partial charge in [-0.3, -0.25) is 14.4 Å². The first kappa shape index (κ1) is 37.9. The van der Waals surface area contributed by atoms with Gasteiger partial charge >= 0.3 is 5.97 Å². The Bertz CT molecular complexity index is 1780. The summed E-state index contributed by atoms with van der Waals surface area (Å²) in [7, 11) is 0. The number of carbonyl (C=O) groups is 3. The Morgan fingerprint density at radius 2 is 1.57 bits per heavy atom. The summed E-state index contributed by atoms with van der Waals surface area (Å²) < 4.78 is 5.90. The molecule has 0 aliphatic carbocycles. The first-order chi connectivity index (χ1) is 24.4. The van der Waals surface area contributed by atoms with E-state index in [0.717, 1.165) is 45.9 Å². The minimum Gasteiger partial charge on any atom is -0.494 e. The number of ketones is 1. The molecule has 5 rings (SSSR count). The number of unbranched alkanes of at least 4 members (excludes halogenated alkanes) is 4. The SMILES string of the molecule is CCCCCCCOc1ccc(-c2cnc(-c3ccc(C[C@H](CC(=O)c4ccc(C(C)(C)C)s4)C(=O)N4CCC(C)(C(=O)O)C4)cc3)nc2)cc1. The second-order valence-electron chi connectivity index (χ2n) is 15.1. The molecule has 1 aliphatic heterocycles. The van der Waals surface area contributed by atoms with Crippen LogP contribution in [0.1, 0.15) is 99.7 Å². The van der Waals surface area contributed by atoms with Gasteiger partial charge in [-0.2, -0.15) is 0 Å². The number of carbonyl (C=O) groups excluding carboxylic acids is 2. The van der Waals surface area contributed by atoms with Gasteiger partial charge in [0.25, 0.3) is 0 Å². The molecule has 1 N–H and O–H groups in total. The lowest BCUT2D eigenvalue weighted by atomic mass is 9.90. The minimum atomic E-state index is -0.984. The second kappa shape index (κ2) is 16.8. The maximum Gasteiger partial charge on any atom is 0.311 e. The largest absolute Gasteiger partial charge is 0.494 e. The predicted molar refractivity (Wildman–Crippen MR) is 203 cm³/mol. The van der Waals surface area contributed by atoms with Crippen molar-refractivity contribution in [2.24, 2.45) is 11.3 Å². The molecule has 1 fully saturated rings. The van der Waals surface area contributed by atoms with Crippen molar-refractivity contribution in [3.63, 3.8) is 0 Å². The summed E-state index contributed by atoms with van der Waals surface area (Å²) in [6.45, 7) is 11.5. The number of Topliss-reactive ketones (excluding diaryl/α,β-unsaturated/α-hetero) is 1. The molecule has 1 unspecified atom stereocenters. The lowest BCUT2D eigenvalue weighted by molar-refractivity contribution is -0.147. The molecule has 2 aromatic heterocycles. The number of rotatable bonds is 16. The van der Waals surface area contributed by atoms with Gasteiger partial charge in [-0.05, 0) is 67.0 Å². The van der Waals surface area contributed by atoms with E-state index in [2.05, 4.69) is 37.7 Å². The van der Waals surface area contributed by atoms with E-state index in [1.54, 1.807) is 11.8 Å². The van der Waals surface area contributed by atoms with E-state index in [1.165, 1.54) is 37.0 Å². The fraction of sp³-hybridized carbons (Fsp3) is 0.452. The number of amides is 1. The summed E-state index contributed by atoms with van der Waals surface area (Å²) in [5.74, 6) is -0.312. The first-order valence-corrected chi connectivity index (χ1v) is 19.0. The zero-order chi connectivity index (χ0) is 36.6. The fourth-order valence-electron chi connectivity index (χ4n) is 6.38. The molecule has 9 heteroatoms. The number of aromatic nitrogens is 2. The number of benzene rings is 2. The van der Waals surface area contributed by atoms with Gasteiger partial charge in [0, 0.05) is 53.8 Å². The van der Waals surface area contributed by atoms with Crippen LogP contribution in [-0.2, 0) is 21.4 Å². The highest BCUT2D eigenvalue weighted by molar-refractivity contribution is 7.14. The molecule has 0 bridgehead atoms. The quantitative estimate of drug-likeness (QED) is 0.0912. The molecular formula is C42H51N3O5S. The molecule has 8 nitrogen and oxygen atoms in total. The van der Waals surface area contributed by atoms with E-state index in [9.17, 15) is 19.5 Å². The van der Waals surface area contributed by atoms with Crippen LogP contribution < -0.4 is 4.74 Å². The van der Waals surface area contributed by atoms with Crippen LogP contribution in [0.4, 0.5) is 0 Å². The number of hydrogen-bond acceptors (Lipinski definition) is 7. The number of ether oxygens (including phenoxy) is 1. The molecule has 51 heavy (non-hydrogen) atoms. The van der Waals surface area contributed by atoms with Crippen LogP contribution in [0.3, 0.4) is 0 Å². The van der Waals surface area contributed by atoms with Gasteiger partial charge in [0.1, 0.15) is 5.75 Å². The number of likely N-dealkylation sites (tertiary alicyclic amines) is 1. The Labute approximate surface area is 306 Å². The number of thiophene rings is 1. The van der Waals surface area contributed by atoms with Gasteiger partial charge in [-0.25, -0.2) is 9.97 Å². The number of aliphatic carboxylic acids is 1. The van der Waals surface area contributed by atoms with Crippen molar-refractivity contribution in [1.29, 1.82) is 0 Å². The highest BCUT2D eigenvalue weighted by Gasteiger charge is 2.43. The van der Waals surface area contributed by atoms with Crippen molar-refractivity contribution in [3.8, 4) is 28.3 Å². The molecule has 0 radical (unpaired) electrons. The second-order valence-corrected chi connectivity index (χ2v) is 16.2. The van der Waals surface area contributed by atoms with Crippen LogP contribution in [0.5, 0.6) is 5.75 Å². The zero-order valence-corrected chi connectivity index (χ0v) is 31.4. The lowest BCUT2D eigenvalue weighted by Gasteiger charge is -2.25. The lowest BCUT2D eigenvalue weighted by Crippen LogP contribution is -2.39. The Morgan fingerprint density at radius 3 is 2.18 bits per heavy atom. The van der Waals surface area contributed by atoms with Crippen LogP contribution in [0.25, 0.3) is 22.5 Å². The summed E-state index contributed by atoms with van der Waals surface area (Å²) in [4.78, 5) is 52.0. The summed E-state index contributed by atoms with van der Waals surface area (Å²) in [6, 6.07) is 19.6. The Morgan fingerprint density at radius 1 is 0.902 bits per heavy atom. The minimum absolute atomic E-state index is 0.0572. The number of nitrogens with zero attached hydrogens (tertiary/aromatic N) is 3. The van der Waals surface area contributed by atoms with Gasteiger partial charge in [0.2, 0.25) is 5.91 Å². The van der Waals surface area contributed by atoms with Crippen molar-refractivity contribution in [2.45, 2.75) is 91.4 Å². The zero-order valence-electron chi connectivity index (χ0n) is 30.6. The van der Waals surface area contributed by atoms with Gasteiger partial charge < -0.3 is 14.7 Å². The molecule has 0 saturated carbocycles. The average Bonchev–Trinajstić information content (AvgIpc) is 3.79. The molecule has 1 saturated heterocycles. The van der Waals surface area contributed by atoms with Gasteiger partial charge in [0.05, 0.1) is 16.9 Å². The topological polar surface area (TPSA) is 110 Å². The van der Waals surface area contributed by atoms with Crippen molar-refractivity contribution in [2.75, 3.05) is 19.7 Å². The van der Waals surface area contributed by atoms with Gasteiger partial charge in [-0.1, -0.05) is 89.8 Å². The highest BCUT2D eigenvalue weighted by Crippen LogP contribution is 2.34. The van der Waals surface area contributed by atoms with E-state index in [-0.39, 0.29) is 30.1 Å². The summed E-state index contributed by atoms with van der Waals surface area (Å²) in [6.07, 6.45) is 10.5. The molecule has 1 aliphatic rings. The summed E-state index contributed by atoms with van der Waals surface area (Å²) in [5.41, 5.74) is 2.62. The molecular weight excluding hydrogens is 659 g/mol. The third-order valence-electron chi connectivity index (χ3n) is 9.75. The van der Waals surface area contributed by atoms with Crippen LogP contribution in [0.15, 0.2) is 73.1 Å². The third kappa shape index (κ3) is 9.91. The molecule has 0 spiro atoms. The standard InChI is InChI=1S/C42H51N3O5S/c1-6-7-8-9-10-23-50-34-17-15-30(16-18-34)33-26-43-38(44-27-33)31-13-11-29(12-14-31)24-32(39(47)45-22-21-42(5,28-45)40(48)49)25-35(46)36-19-20-37(51-36)41(2,3)4/h11-20,26-27,32H,6-10,21-25,28H2,1-5H3,(H,48,49)/t32-,42?/m1/s1. The number of carboxylic acid groups (broad SMARTS) is 1. The summed E-state index contributed by atoms with van der Waals surface area (Å²) in [5, 5.41) is 9.76. The van der Waals surface area contributed by atoms with Crippen LogP contribution in [0, 0.1) is 11.3 Å². The van der Waals surface area contributed by atoms with Gasteiger partial charge in [0.15, 0.2) is 11.6 Å². The van der Waals surface area contributed by atoms with E-state index >= 15 is 0 Å². The van der Waals surface area contributed by atoms with Crippen molar-refractivity contribution in [3.05, 3.63) is 88.4 Å². The molecule has 3 heterocycles. The summed E-state index contributed by atoms with van der Waals surface area (Å²) >= 11 is 1.48. The Kier molecular flexibility index (Phi) is 12.5. The predicted octanol–water partition coefficient (Wildman–Crippen LogP) is 9.27.